The Bertz CT molecular complexity index is 521. The summed E-state index contributed by atoms with van der Waals surface area (Å²) in [6.45, 7) is 1.99. The highest BCUT2D eigenvalue weighted by Crippen LogP contribution is 2.22. The van der Waals surface area contributed by atoms with Gasteiger partial charge in [-0.3, -0.25) is 0 Å². The van der Waals surface area contributed by atoms with Crippen LogP contribution in [0.2, 0.25) is 0 Å². The van der Waals surface area contributed by atoms with E-state index < -0.39 is 0 Å². The maximum Gasteiger partial charge on any atom is 0.124 e. The van der Waals surface area contributed by atoms with Gasteiger partial charge in [-0.05, 0) is 44.2 Å². The lowest BCUT2D eigenvalue weighted by Crippen LogP contribution is -2.19. The summed E-state index contributed by atoms with van der Waals surface area (Å²) in [5.41, 5.74) is 1.97. The van der Waals surface area contributed by atoms with Crippen LogP contribution < -0.4 is 5.32 Å². The predicted molar refractivity (Wildman–Crippen MR) is 76.5 cm³/mol. The van der Waals surface area contributed by atoms with Gasteiger partial charge in [-0.2, -0.15) is 0 Å². The third kappa shape index (κ3) is 3.37. The molecule has 1 aromatic carbocycles. The maximum absolute atomic E-state index is 13.3. The Balaban J connectivity index is 2.20. The lowest BCUT2D eigenvalue weighted by Gasteiger charge is -2.14. The highest BCUT2D eigenvalue weighted by Gasteiger charge is 2.13. The summed E-state index contributed by atoms with van der Waals surface area (Å²) in [4.78, 5) is 4.47. The average molecular weight is 329 g/mol. The summed E-state index contributed by atoms with van der Waals surface area (Å²) >= 11 is 4.94. The minimum absolute atomic E-state index is 0.114. The van der Waals surface area contributed by atoms with E-state index in [4.69, 9.17) is 0 Å². The van der Waals surface area contributed by atoms with E-state index in [2.05, 4.69) is 26.2 Å². The molecule has 5 heteroatoms. The van der Waals surface area contributed by atoms with Crippen molar-refractivity contribution < 1.29 is 4.39 Å². The van der Waals surface area contributed by atoms with Crippen molar-refractivity contribution in [3.63, 3.8) is 0 Å². The van der Waals surface area contributed by atoms with Crippen molar-refractivity contribution in [2.45, 2.75) is 19.4 Å². The minimum Gasteiger partial charge on any atom is -0.311 e. The summed E-state index contributed by atoms with van der Waals surface area (Å²) in [6.07, 6.45) is 0.718. The number of hydrogen-bond acceptors (Lipinski definition) is 3. The van der Waals surface area contributed by atoms with E-state index in [0.717, 1.165) is 27.2 Å². The summed E-state index contributed by atoms with van der Waals surface area (Å²) in [7, 11) is 1.90. The van der Waals surface area contributed by atoms with Gasteiger partial charge in [0.05, 0.1) is 16.7 Å². The topological polar surface area (TPSA) is 24.9 Å². The summed E-state index contributed by atoms with van der Waals surface area (Å²) in [6, 6.07) is 5.08. The van der Waals surface area contributed by atoms with Crippen molar-refractivity contribution in [3.8, 4) is 0 Å². The molecule has 0 aliphatic heterocycles. The fourth-order valence-electron chi connectivity index (χ4n) is 1.86. The molecule has 96 valence electrons. The molecule has 2 aromatic rings. The molecule has 0 radical (unpaired) electrons. The van der Waals surface area contributed by atoms with Crippen molar-refractivity contribution in [1.82, 2.24) is 10.3 Å². The van der Waals surface area contributed by atoms with Gasteiger partial charge in [0.1, 0.15) is 5.82 Å². The molecule has 0 saturated carbocycles. The molecule has 1 heterocycles. The van der Waals surface area contributed by atoms with E-state index in [0.29, 0.717) is 0 Å². The van der Waals surface area contributed by atoms with Crippen LogP contribution in [-0.2, 0) is 6.42 Å². The van der Waals surface area contributed by atoms with Crippen LogP contribution in [0.15, 0.2) is 28.1 Å². The molecule has 0 saturated heterocycles. The monoisotopic (exact) mass is 328 g/mol. The van der Waals surface area contributed by atoms with Gasteiger partial charge in [-0.25, -0.2) is 9.37 Å². The lowest BCUT2D eigenvalue weighted by atomic mass is 10.0. The molecule has 0 aliphatic rings. The molecule has 0 amide bonds. The number of nitrogens with one attached hydrogen (secondary N) is 1. The Kier molecular flexibility index (Phi) is 4.48. The number of nitrogens with zero attached hydrogens (tertiary/aromatic N) is 1. The zero-order chi connectivity index (χ0) is 13.1. The Labute approximate surface area is 118 Å². The van der Waals surface area contributed by atoms with Gasteiger partial charge in [-0.1, -0.05) is 15.9 Å². The molecule has 0 spiro atoms. The number of hydrogen-bond donors (Lipinski definition) is 1. The van der Waals surface area contributed by atoms with Gasteiger partial charge < -0.3 is 5.32 Å². The highest BCUT2D eigenvalue weighted by molar-refractivity contribution is 9.10. The van der Waals surface area contributed by atoms with E-state index in [1.54, 1.807) is 17.4 Å². The average Bonchev–Trinajstić information content (AvgIpc) is 2.71. The number of aryl methyl sites for hydroxylation is 1. The van der Waals surface area contributed by atoms with Crippen molar-refractivity contribution >= 4 is 27.3 Å². The second kappa shape index (κ2) is 5.91. The summed E-state index contributed by atoms with van der Waals surface area (Å²) < 4.78 is 14.1. The van der Waals surface area contributed by atoms with Gasteiger partial charge in [-0.15, -0.1) is 11.3 Å². The molecule has 2 nitrogen and oxygen atoms in total. The predicted octanol–water partition coefficient (Wildman–Crippen LogP) is 3.86. The van der Waals surface area contributed by atoms with E-state index >= 15 is 0 Å². The molecular formula is C13H14BrFN2S. The van der Waals surface area contributed by atoms with Gasteiger partial charge in [0.2, 0.25) is 0 Å². The summed E-state index contributed by atoms with van der Waals surface area (Å²) in [5.74, 6) is -0.219. The number of rotatable bonds is 4. The Hall–Kier alpha value is -0.780. The number of likely N-dealkylation sites (N-methyl/N-ethyl adjacent to an activating group) is 1. The van der Waals surface area contributed by atoms with Crippen LogP contribution >= 0.6 is 27.3 Å². The molecule has 1 aromatic heterocycles. The molecule has 1 N–H and O–H groups in total. The number of halogens is 2. The molecular weight excluding hydrogens is 315 g/mol. The zero-order valence-electron chi connectivity index (χ0n) is 10.2. The Morgan fingerprint density at radius 2 is 2.22 bits per heavy atom. The third-order valence-electron chi connectivity index (χ3n) is 2.70. The van der Waals surface area contributed by atoms with Crippen LogP contribution in [-0.4, -0.2) is 12.0 Å². The van der Waals surface area contributed by atoms with Crippen molar-refractivity contribution in [2.75, 3.05) is 7.05 Å². The Morgan fingerprint density at radius 1 is 1.44 bits per heavy atom. The standard InChI is InChI=1S/C13H14BrFN2S/c1-8-17-13(7-18-8)12(16-2)5-9-3-10(14)6-11(15)4-9/h3-4,6-7,12,16H,5H2,1-2H3. The lowest BCUT2D eigenvalue weighted by molar-refractivity contribution is 0.572. The Morgan fingerprint density at radius 3 is 2.78 bits per heavy atom. The quantitative estimate of drug-likeness (QED) is 0.921. The molecule has 0 aliphatic carbocycles. The van der Waals surface area contributed by atoms with Crippen LogP contribution in [0.4, 0.5) is 4.39 Å². The first kappa shape index (κ1) is 13.6. The van der Waals surface area contributed by atoms with Crippen molar-refractivity contribution in [3.05, 3.63) is 50.1 Å². The van der Waals surface area contributed by atoms with E-state index in [-0.39, 0.29) is 11.9 Å². The van der Waals surface area contributed by atoms with Crippen molar-refractivity contribution in [1.29, 1.82) is 0 Å². The fourth-order valence-corrected chi connectivity index (χ4v) is 3.04. The largest absolute Gasteiger partial charge is 0.311 e. The van der Waals surface area contributed by atoms with Crippen LogP contribution in [0, 0.1) is 12.7 Å². The highest BCUT2D eigenvalue weighted by atomic mass is 79.9. The molecule has 0 bridgehead atoms. The van der Waals surface area contributed by atoms with E-state index in [1.807, 2.05) is 25.4 Å². The minimum atomic E-state index is -0.219. The number of benzene rings is 1. The normalized spacial score (nSPS) is 12.7. The fraction of sp³-hybridized carbons (Fsp3) is 0.308. The molecule has 0 fully saturated rings. The van der Waals surface area contributed by atoms with Gasteiger partial charge >= 0.3 is 0 Å². The van der Waals surface area contributed by atoms with Gasteiger partial charge in [0, 0.05) is 9.85 Å². The molecule has 1 unspecified atom stereocenters. The molecule has 18 heavy (non-hydrogen) atoms. The van der Waals surface area contributed by atoms with Gasteiger partial charge in [0.25, 0.3) is 0 Å². The zero-order valence-corrected chi connectivity index (χ0v) is 12.6. The van der Waals surface area contributed by atoms with Crippen LogP contribution in [0.25, 0.3) is 0 Å². The first-order chi connectivity index (χ1) is 8.58. The van der Waals surface area contributed by atoms with Crippen LogP contribution in [0.5, 0.6) is 0 Å². The second-order valence-corrected chi connectivity index (χ2v) is 6.09. The van der Waals surface area contributed by atoms with E-state index in [9.17, 15) is 4.39 Å². The van der Waals surface area contributed by atoms with Crippen LogP contribution in [0.3, 0.4) is 0 Å². The van der Waals surface area contributed by atoms with E-state index in [1.165, 1.54) is 6.07 Å². The number of aromatic nitrogens is 1. The molecule has 1 atom stereocenters. The summed E-state index contributed by atoms with van der Waals surface area (Å²) in [5, 5.41) is 6.32. The van der Waals surface area contributed by atoms with Crippen molar-refractivity contribution in [2.24, 2.45) is 0 Å². The maximum atomic E-state index is 13.3. The third-order valence-corrected chi connectivity index (χ3v) is 3.95. The smallest absolute Gasteiger partial charge is 0.124 e. The van der Waals surface area contributed by atoms with Gasteiger partial charge in [0.15, 0.2) is 0 Å². The first-order valence-corrected chi connectivity index (χ1v) is 7.30. The SMILES string of the molecule is CNC(Cc1cc(F)cc(Br)c1)c1csc(C)n1. The van der Waals surface area contributed by atoms with Crippen LogP contribution in [0.1, 0.15) is 22.3 Å². The second-order valence-electron chi connectivity index (χ2n) is 4.11. The number of thiazole rings is 1. The first-order valence-electron chi connectivity index (χ1n) is 5.62. The molecule has 2 rings (SSSR count).